The van der Waals surface area contributed by atoms with Gasteiger partial charge >= 0.3 is 0 Å². The zero-order valence-corrected chi connectivity index (χ0v) is 11.8. The van der Waals surface area contributed by atoms with Crippen molar-refractivity contribution in [2.45, 2.75) is 31.7 Å². The molecule has 1 aliphatic heterocycles. The Bertz CT molecular complexity index is 550. The Hall–Kier alpha value is -1.88. The van der Waals surface area contributed by atoms with Crippen LogP contribution in [0.15, 0.2) is 30.3 Å². The van der Waals surface area contributed by atoms with Crippen LogP contribution in [0.4, 0.5) is 5.95 Å². The van der Waals surface area contributed by atoms with E-state index in [2.05, 4.69) is 51.3 Å². The minimum Gasteiger partial charge on any atom is -0.338 e. The molecule has 0 spiro atoms. The SMILES string of the molecule is CCC(c1ccccc1)c1nc(N2CCC(N)C2)n[nH]1. The fourth-order valence-electron chi connectivity index (χ4n) is 2.80. The zero-order valence-electron chi connectivity index (χ0n) is 11.8. The van der Waals surface area contributed by atoms with Gasteiger partial charge in [-0.1, -0.05) is 37.3 Å². The van der Waals surface area contributed by atoms with Gasteiger partial charge in [-0.25, -0.2) is 0 Å². The number of nitrogens with zero attached hydrogens (tertiary/aromatic N) is 3. The summed E-state index contributed by atoms with van der Waals surface area (Å²) in [6, 6.07) is 10.7. The first kappa shape index (κ1) is 13.1. The van der Waals surface area contributed by atoms with Gasteiger partial charge in [-0.05, 0) is 18.4 Å². The normalized spacial score (nSPS) is 20.3. The Balaban J connectivity index is 1.81. The van der Waals surface area contributed by atoms with Crippen LogP contribution < -0.4 is 10.6 Å². The summed E-state index contributed by atoms with van der Waals surface area (Å²) in [6.45, 7) is 3.96. The Morgan fingerprint density at radius 3 is 2.85 bits per heavy atom. The lowest BCUT2D eigenvalue weighted by Crippen LogP contribution is -2.27. The smallest absolute Gasteiger partial charge is 0.244 e. The number of rotatable bonds is 4. The van der Waals surface area contributed by atoms with Crippen LogP contribution in [-0.2, 0) is 0 Å². The fourth-order valence-corrected chi connectivity index (χ4v) is 2.80. The molecule has 1 aromatic carbocycles. The molecule has 5 nitrogen and oxygen atoms in total. The van der Waals surface area contributed by atoms with E-state index in [1.54, 1.807) is 0 Å². The summed E-state index contributed by atoms with van der Waals surface area (Å²) >= 11 is 0. The van der Waals surface area contributed by atoms with Crippen molar-refractivity contribution in [3.8, 4) is 0 Å². The number of H-pyrrole nitrogens is 1. The van der Waals surface area contributed by atoms with E-state index < -0.39 is 0 Å². The van der Waals surface area contributed by atoms with Crippen LogP contribution in [0.2, 0.25) is 0 Å². The Kier molecular flexibility index (Phi) is 3.69. The molecule has 0 aliphatic carbocycles. The number of nitrogens with one attached hydrogen (secondary N) is 1. The van der Waals surface area contributed by atoms with Crippen molar-refractivity contribution in [3.63, 3.8) is 0 Å². The second-order valence-corrected chi connectivity index (χ2v) is 5.39. The summed E-state index contributed by atoms with van der Waals surface area (Å²) < 4.78 is 0. The molecule has 0 bridgehead atoms. The van der Waals surface area contributed by atoms with Crippen molar-refractivity contribution < 1.29 is 0 Å². The van der Waals surface area contributed by atoms with E-state index in [0.717, 1.165) is 37.7 Å². The lowest BCUT2D eigenvalue weighted by atomic mass is 9.96. The monoisotopic (exact) mass is 271 g/mol. The van der Waals surface area contributed by atoms with Gasteiger partial charge in [0, 0.05) is 25.0 Å². The molecule has 0 radical (unpaired) electrons. The number of aromatic amines is 1. The Morgan fingerprint density at radius 2 is 2.20 bits per heavy atom. The van der Waals surface area contributed by atoms with Crippen LogP contribution in [0.5, 0.6) is 0 Å². The van der Waals surface area contributed by atoms with Gasteiger partial charge < -0.3 is 10.6 Å². The van der Waals surface area contributed by atoms with Crippen LogP contribution in [0.25, 0.3) is 0 Å². The summed E-state index contributed by atoms with van der Waals surface area (Å²) in [4.78, 5) is 6.83. The molecule has 3 N–H and O–H groups in total. The summed E-state index contributed by atoms with van der Waals surface area (Å²) in [5.74, 6) is 1.99. The molecule has 1 saturated heterocycles. The van der Waals surface area contributed by atoms with Crippen molar-refractivity contribution in [1.82, 2.24) is 15.2 Å². The minimum absolute atomic E-state index is 0.244. The highest BCUT2D eigenvalue weighted by molar-refractivity contribution is 5.34. The largest absolute Gasteiger partial charge is 0.338 e. The summed E-state index contributed by atoms with van der Waals surface area (Å²) in [6.07, 6.45) is 2.01. The highest BCUT2D eigenvalue weighted by Gasteiger charge is 2.24. The molecule has 2 aromatic rings. The molecule has 0 amide bonds. The highest BCUT2D eigenvalue weighted by atomic mass is 15.4. The number of nitrogens with two attached hydrogens (primary N) is 1. The molecular weight excluding hydrogens is 250 g/mol. The van der Waals surface area contributed by atoms with E-state index in [1.807, 2.05) is 6.07 Å². The molecule has 5 heteroatoms. The molecule has 2 unspecified atom stereocenters. The number of hydrogen-bond donors (Lipinski definition) is 2. The molecule has 2 heterocycles. The van der Waals surface area contributed by atoms with Crippen molar-refractivity contribution in [3.05, 3.63) is 41.7 Å². The van der Waals surface area contributed by atoms with Gasteiger partial charge in [0.25, 0.3) is 0 Å². The number of anilines is 1. The summed E-state index contributed by atoms with van der Waals surface area (Å²) in [5, 5.41) is 7.46. The zero-order chi connectivity index (χ0) is 13.9. The molecule has 1 fully saturated rings. The van der Waals surface area contributed by atoms with Crippen LogP contribution in [0, 0.1) is 0 Å². The molecule has 106 valence electrons. The van der Waals surface area contributed by atoms with E-state index in [4.69, 9.17) is 5.73 Å². The van der Waals surface area contributed by atoms with Crippen molar-refractivity contribution in [2.24, 2.45) is 5.73 Å². The highest BCUT2D eigenvalue weighted by Crippen LogP contribution is 2.26. The summed E-state index contributed by atoms with van der Waals surface area (Å²) in [7, 11) is 0. The van der Waals surface area contributed by atoms with Crippen LogP contribution >= 0.6 is 0 Å². The van der Waals surface area contributed by atoms with Gasteiger partial charge in [0.05, 0.1) is 0 Å². The Labute approximate surface area is 119 Å². The van der Waals surface area contributed by atoms with Crippen LogP contribution in [0.1, 0.15) is 37.1 Å². The molecule has 1 aliphatic rings. The number of hydrogen-bond acceptors (Lipinski definition) is 4. The second-order valence-electron chi connectivity index (χ2n) is 5.39. The first-order valence-electron chi connectivity index (χ1n) is 7.25. The van der Waals surface area contributed by atoms with E-state index in [1.165, 1.54) is 5.56 Å². The molecule has 3 rings (SSSR count). The maximum Gasteiger partial charge on any atom is 0.244 e. The number of aromatic nitrogens is 3. The quantitative estimate of drug-likeness (QED) is 0.890. The van der Waals surface area contributed by atoms with E-state index >= 15 is 0 Å². The third-order valence-corrected chi connectivity index (χ3v) is 3.94. The third kappa shape index (κ3) is 2.54. The lowest BCUT2D eigenvalue weighted by molar-refractivity contribution is 0.721. The maximum absolute atomic E-state index is 5.94. The van der Waals surface area contributed by atoms with E-state index in [-0.39, 0.29) is 12.0 Å². The summed E-state index contributed by atoms with van der Waals surface area (Å²) in [5.41, 5.74) is 7.21. The average Bonchev–Trinajstić information content (AvgIpc) is 3.10. The molecule has 0 saturated carbocycles. The molecule has 1 aromatic heterocycles. The van der Waals surface area contributed by atoms with Gasteiger partial charge in [0.15, 0.2) is 0 Å². The van der Waals surface area contributed by atoms with Crippen molar-refractivity contribution >= 4 is 5.95 Å². The van der Waals surface area contributed by atoms with Gasteiger partial charge in [-0.3, -0.25) is 5.10 Å². The molecular formula is C15H21N5. The second kappa shape index (κ2) is 5.63. The molecule has 2 atom stereocenters. The van der Waals surface area contributed by atoms with Gasteiger partial charge in [-0.2, -0.15) is 4.98 Å². The maximum atomic E-state index is 5.94. The first-order chi connectivity index (χ1) is 9.78. The van der Waals surface area contributed by atoms with Gasteiger partial charge in [-0.15, -0.1) is 5.10 Å². The predicted molar refractivity (Wildman–Crippen MR) is 79.8 cm³/mol. The fraction of sp³-hybridized carbons (Fsp3) is 0.467. The predicted octanol–water partition coefficient (Wildman–Crippen LogP) is 1.88. The van der Waals surface area contributed by atoms with Gasteiger partial charge in [0.2, 0.25) is 5.95 Å². The third-order valence-electron chi connectivity index (χ3n) is 3.94. The Morgan fingerprint density at radius 1 is 1.40 bits per heavy atom. The van der Waals surface area contributed by atoms with Crippen LogP contribution in [0.3, 0.4) is 0 Å². The van der Waals surface area contributed by atoms with E-state index in [0.29, 0.717) is 0 Å². The average molecular weight is 271 g/mol. The lowest BCUT2D eigenvalue weighted by Gasteiger charge is -2.13. The topological polar surface area (TPSA) is 70.8 Å². The van der Waals surface area contributed by atoms with Crippen molar-refractivity contribution in [2.75, 3.05) is 18.0 Å². The number of benzene rings is 1. The van der Waals surface area contributed by atoms with E-state index in [9.17, 15) is 0 Å². The van der Waals surface area contributed by atoms with Gasteiger partial charge in [0.1, 0.15) is 5.82 Å². The standard InChI is InChI=1S/C15H21N5/c1-2-13(11-6-4-3-5-7-11)14-17-15(19-18-14)20-9-8-12(16)10-20/h3-7,12-13H,2,8-10,16H2,1H3,(H,17,18,19). The van der Waals surface area contributed by atoms with Crippen molar-refractivity contribution in [1.29, 1.82) is 0 Å². The first-order valence-corrected chi connectivity index (χ1v) is 7.25. The molecule has 20 heavy (non-hydrogen) atoms. The minimum atomic E-state index is 0.244. The van der Waals surface area contributed by atoms with Crippen LogP contribution in [-0.4, -0.2) is 34.3 Å².